The number of morpholine rings is 1. The minimum Gasteiger partial charge on any atom is -0.383 e. The van der Waals surface area contributed by atoms with E-state index in [4.69, 9.17) is 15.5 Å². The fourth-order valence-electron chi connectivity index (χ4n) is 3.70. The van der Waals surface area contributed by atoms with Crippen LogP contribution in [0.4, 0.5) is 23.3 Å². The van der Waals surface area contributed by atoms with Crippen LogP contribution in [0.1, 0.15) is 11.4 Å². The lowest BCUT2D eigenvalue weighted by molar-refractivity contribution is 0.122. The highest BCUT2D eigenvalue weighted by molar-refractivity contribution is 5.55. The molecule has 2 N–H and O–H groups in total. The van der Waals surface area contributed by atoms with E-state index in [-0.39, 0.29) is 0 Å². The summed E-state index contributed by atoms with van der Waals surface area (Å²) in [6, 6.07) is 6.18. The first-order valence-corrected chi connectivity index (χ1v) is 9.51. The molecule has 0 spiro atoms. The van der Waals surface area contributed by atoms with Gasteiger partial charge in [-0.25, -0.2) is 0 Å². The average Bonchev–Trinajstić information content (AvgIpc) is 2.67. The van der Waals surface area contributed by atoms with Gasteiger partial charge >= 0.3 is 0 Å². The van der Waals surface area contributed by atoms with Crippen LogP contribution in [0.3, 0.4) is 0 Å². The zero-order valence-corrected chi connectivity index (χ0v) is 16.1. The molecule has 4 heterocycles. The molecule has 0 bridgehead atoms. The third-order valence-electron chi connectivity index (χ3n) is 5.05. The summed E-state index contributed by atoms with van der Waals surface area (Å²) in [5.41, 5.74) is 9.44. The van der Waals surface area contributed by atoms with Gasteiger partial charge in [0.05, 0.1) is 13.2 Å². The summed E-state index contributed by atoms with van der Waals surface area (Å²) in [4.78, 5) is 20.5. The number of rotatable bonds is 3. The summed E-state index contributed by atoms with van der Waals surface area (Å²) in [6.07, 6.45) is 0. The van der Waals surface area contributed by atoms with Gasteiger partial charge in [-0.15, -0.1) is 0 Å². The van der Waals surface area contributed by atoms with Gasteiger partial charge in [0.2, 0.25) is 5.95 Å². The molecule has 0 saturated carbocycles. The molecule has 144 valence electrons. The molecule has 0 aromatic carbocycles. The minimum atomic E-state index is 0.518. The van der Waals surface area contributed by atoms with Crippen molar-refractivity contribution in [1.82, 2.24) is 15.0 Å². The Labute approximate surface area is 160 Å². The van der Waals surface area contributed by atoms with Gasteiger partial charge < -0.3 is 25.2 Å². The highest BCUT2D eigenvalue weighted by atomic mass is 16.5. The second-order valence-corrected chi connectivity index (χ2v) is 7.13. The van der Waals surface area contributed by atoms with Crippen LogP contribution in [-0.2, 0) is 4.74 Å². The van der Waals surface area contributed by atoms with E-state index in [1.807, 2.05) is 19.9 Å². The van der Waals surface area contributed by atoms with E-state index in [9.17, 15) is 0 Å². The summed E-state index contributed by atoms with van der Waals surface area (Å²) in [6.45, 7) is 10.8. The number of nitrogens with zero attached hydrogens (tertiary/aromatic N) is 6. The van der Waals surface area contributed by atoms with Gasteiger partial charge in [0.25, 0.3) is 0 Å². The van der Waals surface area contributed by atoms with Crippen molar-refractivity contribution in [3.05, 3.63) is 29.6 Å². The van der Waals surface area contributed by atoms with Crippen LogP contribution in [0, 0.1) is 13.8 Å². The molecule has 27 heavy (non-hydrogen) atoms. The number of piperazine rings is 1. The molecular formula is C19H27N7O. The summed E-state index contributed by atoms with van der Waals surface area (Å²) in [7, 11) is 0. The molecule has 2 saturated heterocycles. The van der Waals surface area contributed by atoms with Crippen molar-refractivity contribution in [3.8, 4) is 0 Å². The third kappa shape index (κ3) is 4.05. The molecule has 0 atom stereocenters. The number of anilines is 4. The maximum atomic E-state index is 6.07. The van der Waals surface area contributed by atoms with E-state index in [2.05, 4.69) is 36.8 Å². The topological polar surface area (TPSA) is 83.6 Å². The van der Waals surface area contributed by atoms with Gasteiger partial charge in [-0.05, 0) is 26.0 Å². The molecule has 8 heteroatoms. The Bertz CT molecular complexity index is 778. The highest BCUT2D eigenvalue weighted by Gasteiger charge is 2.21. The van der Waals surface area contributed by atoms with Gasteiger partial charge in [-0.1, -0.05) is 0 Å². The van der Waals surface area contributed by atoms with E-state index in [1.54, 1.807) is 0 Å². The smallest absolute Gasteiger partial charge is 0.229 e. The van der Waals surface area contributed by atoms with Crippen molar-refractivity contribution in [1.29, 1.82) is 0 Å². The summed E-state index contributed by atoms with van der Waals surface area (Å²) < 4.78 is 5.42. The average molecular weight is 369 g/mol. The van der Waals surface area contributed by atoms with Crippen LogP contribution in [0.2, 0.25) is 0 Å². The monoisotopic (exact) mass is 369 g/mol. The summed E-state index contributed by atoms with van der Waals surface area (Å²) >= 11 is 0. The maximum absolute atomic E-state index is 6.07. The number of nitrogens with two attached hydrogens (primary N) is 1. The molecule has 4 rings (SSSR count). The summed E-state index contributed by atoms with van der Waals surface area (Å²) in [5, 5.41) is 0. The van der Waals surface area contributed by atoms with E-state index in [1.165, 1.54) is 5.69 Å². The molecule has 0 radical (unpaired) electrons. The van der Waals surface area contributed by atoms with Crippen molar-refractivity contribution in [2.75, 3.05) is 72.9 Å². The fourth-order valence-corrected chi connectivity index (χ4v) is 3.70. The molecule has 2 aromatic heterocycles. The second kappa shape index (κ2) is 7.56. The zero-order valence-electron chi connectivity index (χ0n) is 16.1. The molecule has 2 aliphatic rings. The SMILES string of the molecule is Cc1cc(N2CCN(c3cc(N)nc(N4CCOCC4)n3)CC2)cc(C)n1. The Hall–Kier alpha value is -2.61. The minimum absolute atomic E-state index is 0.518. The van der Waals surface area contributed by atoms with Crippen molar-refractivity contribution in [3.63, 3.8) is 0 Å². The quantitative estimate of drug-likeness (QED) is 0.865. The van der Waals surface area contributed by atoms with Crippen molar-refractivity contribution < 1.29 is 4.74 Å². The van der Waals surface area contributed by atoms with Crippen LogP contribution >= 0.6 is 0 Å². The molecule has 0 amide bonds. The predicted octanol–water partition coefficient (Wildman–Crippen LogP) is 1.23. The number of nitrogen functional groups attached to an aromatic ring is 1. The standard InChI is InChI=1S/C19H27N7O/c1-14-11-16(12-15(2)21-14)24-3-5-25(6-4-24)18-13-17(20)22-19(23-18)26-7-9-27-10-8-26/h11-13H,3-10H2,1-2H3,(H2,20,22,23). The second-order valence-electron chi connectivity index (χ2n) is 7.13. The molecule has 8 nitrogen and oxygen atoms in total. The van der Waals surface area contributed by atoms with Crippen molar-refractivity contribution in [2.45, 2.75) is 13.8 Å². The van der Waals surface area contributed by atoms with Crippen LogP contribution in [0.5, 0.6) is 0 Å². The lowest BCUT2D eigenvalue weighted by Gasteiger charge is -2.37. The van der Waals surface area contributed by atoms with Crippen LogP contribution < -0.4 is 20.4 Å². The Morgan fingerprint density at radius 2 is 1.41 bits per heavy atom. The largest absolute Gasteiger partial charge is 0.383 e. The lowest BCUT2D eigenvalue weighted by Crippen LogP contribution is -2.47. The van der Waals surface area contributed by atoms with E-state index >= 15 is 0 Å². The first kappa shape index (κ1) is 17.8. The predicted molar refractivity (Wildman–Crippen MR) is 108 cm³/mol. The number of aromatic nitrogens is 3. The molecule has 2 aromatic rings. The molecule has 2 fully saturated rings. The van der Waals surface area contributed by atoms with E-state index in [0.717, 1.165) is 56.5 Å². The highest BCUT2D eigenvalue weighted by Crippen LogP contribution is 2.23. The van der Waals surface area contributed by atoms with Crippen LogP contribution in [-0.4, -0.2) is 67.4 Å². The fraction of sp³-hybridized carbons (Fsp3) is 0.526. The Balaban J connectivity index is 1.47. The first-order valence-electron chi connectivity index (χ1n) is 9.51. The number of pyridine rings is 1. The Kier molecular flexibility index (Phi) is 4.98. The molecule has 0 unspecified atom stereocenters. The number of aryl methyl sites for hydroxylation is 2. The maximum Gasteiger partial charge on any atom is 0.229 e. The van der Waals surface area contributed by atoms with E-state index in [0.29, 0.717) is 25.0 Å². The van der Waals surface area contributed by atoms with Gasteiger partial charge in [0.15, 0.2) is 0 Å². The zero-order chi connectivity index (χ0) is 18.8. The van der Waals surface area contributed by atoms with E-state index < -0.39 is 0 Å². The number of hydrogen-bond donors (Lipinski definition) is 1. The first-order chi connectivity index (χ1) is 13.1. The van der Waals surface area contributed by atoms with Crippen LogP contribution in [0.25, 0.3) is 0 Å². The third-order valence-corrected chi connectivity index (χ3v) is 5.05. The van der Waals surface area contributed by atoms with Gasteiger partial charge in [0.1, 0.15) is 11.6 Å². The molecule has 0 aliphatic carbocycles. The van der Waals surface area contributed by atoms with Gasteiger partial charge in [-0.2, -0.15) is 9.97 Å². The number of hydrogen-bond acceptors (Lipinski definition) is 8. The van der Waals surface area contributed by atoms with Crippen LogP contribution in [0.15, 0.2) is 18.2 Å². The lowest BCUT2D eigenvalue weighted by atomic mass is 10.2. The van der Waals surface area contributed by atoms with Gasteiger partial charge in [0, 0.05) is 62.4 Å². The molecular weight excluding hydrogens is 342 g/mol. The normalized spacial score (nSPS) is 18.1. The van der Waals surface area contributed by atoms with Crippen molar-refractivity contribution in [2.24, 2.45) is 0 Å². The Morgan fingerprint density at radius 1 is 0.778 bits per heavy atom. The number of ether oxygens (including phenoxy) is 1. The van der Waals surface area contributed by atoms with Crippen molar-refractivity contribution >= 4 is 23.3 Å². The Morgan fingerprint density at radius 3 is 2.07 bits per heavy atom. The van der Waals surface area contributed by atoms with Gasteiger partial charge in [-0.3, -0.25) is 4.98 Å². The summed E-state index contributed by atoms with van der Waals surface area (Å²) in [5.74, 6) is 2.13. The molecule has 2 aliphatic heterocycles.